The molecule has 1 aliphatic heterocycles. The maximum Gasteiger partial charge on any atom is 0.228 e. The van der Waals surface area contributed by atoms with E-state index in [2.05, 4.69) is 0 Å². The third-order valence-corrected chi connectivity index (χ3v) is 4.27. The van der Waals surface area contributed by atoms with Crippen LogP contribution in [-0.2, 0) is 16.1 Å². The van der Waals surface area contributed by atoms with E-state index in [1.54, 1.807) is 0 Å². The Hall–Kier alpha value is -1.55. The summed E-state index contributed by atoms with van der Waals surface area (Å²) >= 11 is 0. The number of ether oxygens (including phenoxy) is 1. The van der Waals surface area contributed by atoms with Gasteiger partial charge in [-0.15, -0.1) is 0 Å². The Labute approximate surface area is 119 Å². The minimum Gasteiger partial charge on any atom is -0.399 e. The van der Waals surface area contributed by atoms with Crippen LogP contribution in [0.2, 0.25) is 0 Å². The van der Waals surface area contributed by atoms with E-state index in [9.17, 15) is 4.79 Å². The lowest BCUT2D eigenvalue weighted by atomic mass is 10.0. The van der Waals surface area contributed by atoms with Crippen LogP contribution < -0.4 is 5.73 Å². The number of carbonyl (C=O) groups is 1. The molecule has 108 valence electrons. The van der Waals surface area contributed by atoms with Crippen molar-refractivity contribution in [1.82, 2.24) is 4.90 Å². The van der Waals surface area contributed by atoms with Crippen molar-refractivity contribution in [2.24, 2.45) is 5.92 Å². The number of anilines is 1. The maximum absolute atomic E-state index is 12.7. The molecule has 1 aromatic carbocycles. The third-order valence-electron chi connectivity index (χ3n) is 4.27. The van der Waals surface area contributed by atoms with Gasteiger partial charge in [-0.25, -0.2) is 0 Å². The number of nitrogens with two attached hydrogens (primary N) is 1. The second-order valence-corrected chi connectivity index (χ2v) is 5.91. The number of hydrogen-bond acceptors (Lipinski definition) is 3. The minimum atomic E-state index is 0.0247. The normalized spacial score (nSPS) is 25.6. The van der Waals surface area contributed by atoms with Gasteiger partial charge >= 0.3 is 0 Å². The standard InChI is InChI=1S/C16H22N2O2/c1-11-15(7-8-20-11)16(19)18(14-5-6-14)10-12-3-2-4-13(17)9-12/h2-4,9,11,14-15H,5-8,10,17H2,1H3. The first-order valence-corrected chi connectivity index (χ1v) is 7.41. The van der Waals surface area contributed by atoms with Gasteiger partial charge in [0.15, 0.2) is 0 Å². The molecule has 4 nitrogen and oxygen atoms in total. The van der Waals surface area contributed by atoms with Gasteiger partial charge in [0.25, 0.3) is 0 Å². The van der Waals surface area contributed by atoms with Crippen LogP contribution in [0.15, 0.2) is 24.3 Å². The number of benzene rings is 1. The van der Waals surface area contributed by atoms with Crippen molar-refractivity contribution in [2.45, 2.75) is 44.9 Å². The summed E-state index contributed by atoms with van der Waals surface area (Å²) in [5.41, 5.74) is 7.68. The molecule has 2 aliphatic rings. The molecule has 0 radical (unpaired) electrons. The van der Waals surface area contributed by atoms with E-state index in [0.717, 1.165) is 30.5 Å². The summed E-state index contributed by atoms with van der Waals surface area (Å²) < 4.78 is 5.54. The van der Waals surface area contributed by atoms with E-state index in [1.807, 2.05) is 36.1 Å². The molecule has 1 aliphatic carbocycles. The van der Waals surface area contributed by atoms with Crippen LogP contribution in [0.3, 0.4) is 0 Å². The van der Waals surface area contributed by atoms with Gasteiger partial charge in [0.05, 0.1) is 12.0 Å². The van der Waals surface area contributed by atoms with Crippen molar-refractivity contribution in [3.8, 4) is 0 Å². The van der Waals surface area contributed by atoms with E-state index in [4.69, 9.17) is 10.5 Å². The molecule has 2 atom stereocenters. The fourth-order valence-electron chi connectivity index (χ4n) is 2.93. The van der Waals surface area contributed by atoms with Gasteiger partial charge in [0.1, 0.15) is 0 Å². The Morgan fingerprint density at radius 3 is 2.80 bits per heavy atom. The van der Waals surface area contributed by atoms with Gasteiger partial charge in [-0.05, 0) is 43.9 Å². The summed E-state index contributed by atoms with van der Waals surface area (Å²) in [7, 11) is 0. The van der Waals surface area contributed by atoms with Gasteiger partial charge in [-0.3, -0.25) is 4.79 Å². The highest BCUT2D eigenvalue weighted by Crippen LogP contribution is 2.32. The third kappa shape index (κ3) is 2.80. The molecule has 20 heavy (non-hydrogen) atoms. The molecule has 0 spiro atoms. The first-order valence-electron chi connectivity index (χ1n) is 7.41. The highest BCUT2D eigenvalue weighted by atomic mass is 16.5. The molecule has 2 N–H and O–H groups in total. The lowest BCUT2D eigenvalue weighted by molar-refractivity contribution is -0.138. The molecule has 2 fully saturated rings. The molecule has 1 saturated carbocycles. The van der Waals surface area contributed by atoms with Gasteiger partial charge in [0, 0.05) is 24.9 Å². The summed E-state index contributed by atoms with van der Waals surface area (Å²) in [6.45, 7) is 3.37. The molecule has 1 heterocycles. The number of amides is 1. The van der Waals surface area contributed by atoms with Crippen molar-refractivity contribution in [2.75, 3.05) is 12.3 Å². The Morgan fingerprint density at radius 2 is 2.20 bits per heavy atom. The van der Waals surface area contributed by atoms with Crippen molar-refractivity contribution < 1.29 is 9.53 Å². The molecule has 1 saturated heterocycles. The van der Waals surface area contributed by atoms with Crippen molar-refractivity contribution >= 4 is 11.6 Å². The molecular weight excluding hydrogens is 252 g/mol. The number of nitrogen functional groups attached to an aromatic ring is 1. The SMILES string of the molecule is CC1OCCC1C(=O)N(Cc1cccc(N)c1)C1CC1. The average molecular weight is 274 g/mol. The van der Waals surface area contributed by atoms with Crippen LogP contribution in [0.25, 0.3) is 0 Å². The summed E-state index contributed by atoms with van der Waals surface area (Å²) in [4.78, 5) is 14.8. The topological polar surface area (TPSA) is 55.6 Å². The highest BCUT2D eigenvalue weighted by molar-refractivity contribution is 5.80. The van der Waals surface area contributed by atoms with Crippen LogP contribution in [0.1, 0.15) is 31.7 Å². The first-order chi connectivity index (χ1) is 9.65. The van der Waals surface area contributed by atoms with Crippen LogP contribution in [-0.4, -0.2) is 29.6 Å². The quantitative estimate of drug-likeness (QED) is 0.856. The van der Waals surface area contributed by atoms with E-state index in [0.29, 0.717) is 19.2 Å². The number of rotatable bonds is 4. The Bertz CT molecular complexity index is 499. The molecule has 1 aromatic rings. The second-order valence-electron chi connectivity index (χ2n) is 5.91. The lowest BCUT2D eigenvalue weighted by Gasteiger charge is -2.27. The smallest absolute Gasteiger partial charge is 0.228 e. The van der Waals surface area contributed by atoms with Crippen molar-refractivity contribution in [3.63, 3.8) is 0 Å². The summed E-state index contributed by atoms with van der Waals surface area (Å²) in [5, 5.41) is 0. The molecular formula is C16H22N2O2. The summed E-state index contributed by atoms with van der Waals surface area (Å²) in [6.07, 6.45) is 3.14. The molecule has 3 rings (SSSR count). The van der Waals surface area contributed by atoms with E-state index < -0.39 is 0 Å². The van der Waals surface area contributed by atoms with Gasteiger partial charge < -0.3 is 15.4 Å². The first kappa shape index (κ1) is 13.4. The Kier molecular flexibility index (Phi) is 3.66. The van der Waals surface area contributed by atoms with Crippen LogP contribution in [0, 0.1) is 5.92 Å². The van der Waals surface area contributed by atoms with Crippen molar-refractivity contribution in [3.05, 3.63) is 29.8 Å². The molecule has 1 amide bonds. The largest absolute Gasteiger partial charge is 0.399 e. The zero-order valence-electron chi connectivity index (χ0n) is 11.9. The molecule has 0 bridgehead atoms. The van der Waals surface area contributed by atoms with Crippen LogP contribution in [0.5, 0.6) is 0 Å². The fraction of sp³-hybridized carbons (Fsp3) is 0.562. The van der Waals surface area contributed by atoms with E-state index in [1.165, 1.54) is 0 Å². The summed E-state index contributed by atoms with van der Waals surface area (Å²) in [6, 6.07) is 8.23. The van der Waals surface area contributed by atoms with E-state index in [-0.39, 0.29) is 17.9 Å². The number of hydrogen-bond donors (Lipinski definition) is 1. The zero-order valence-corrected chi connectivity index (χ0v) is 11.9. The van der Waals surface area contributed by atoms with Gasteiger partial charge in [-0.1, -0.05) is 12.1 Å². The number of nitrogens with zero attached hydrogens (tertiary/aromatic N) is 1. The van der Waals surface area contributed by atoms with E-state index >= 15 is 0 Å². The number of carbonyl (C=O) groups excluding carboxylic acids is 1. The van der Waals surface area contributed by atoms with Crippen LogP contribution >= 0.6 is 0 Å². The van der Waals surface area contributed by atoms with Gasteiger partial charge in [0.2, 0.25) is 5.91 Å². The molecule has 4 heteroatoms. The molecule has 0 aromatic heterocycles. The molecule has 2 unspecified atom stereocenters. The van der Waals surface area contributed by atoms with Crippen LogP contribution in [0.4, 0.5) is 5.69 Å². The Morgan fingerprint density at radius 1 is 1.40 bits per heavy atom. The fourth-order valence-corrected chi connectivity index (χ4v) is 2.93. The lowest BCUT2D eigenvalue weighted by Crippen LogP contribution is -2.39. The summed E-state index contributed by atoms with van der Waals surface area (Å²) in [5.74, 6) is 0.275. The highest BCUT2D eigenvalue weighted by Gasteiger charge is 2.39. The van der Waals surface area contributed by atoms with Gasteiger partial charge in [-0.2, -0.15) is 0 Å². The second kappa shape index (κ2) is 5.44. The zero-order chi connectivity index (χ0) is 14.1. The maximum atomic E-state index is 12.7. The predicted molar refractivity (Wildman–Crippen MR) is 77.9 cm³/mol. The average Bonchev–Trinajstić information content (AvgIpc) is 3.17. The monoisotopic (exact) mass is 274 g/mol. The minimum absolute atomic E-state index is 0.0247. The van der Waals surface area contributed by atoms with Crippen molar-refractivity contribution in [1.29, 1.82) is 0 Å². The predicted octanol–water partition coefficient (Wildman–Crippen LogP) is 2.18. The Balaban J connectivity index is 1.74.